The van der Waals surface area contributed by atoms with E-state index in [1.54, 1.807) is 7.11 Å². The Morgan fingerprint density at radius 3 is 3.10 bits per heavy atom. The quantitative estimate of drug-likeness (QED) is 0.909. The van der Waals surface area contributed by atoms with Crippen molar-refractivity contribution in [1.29, 1.82) is 0 Å². The minimum atomic E-state index is -0.298. The van der Waals surface area contributed by atoms with Crippen LogP contribution in [0.25, 0.3) is 0 Å². The van der Waals surface area contributed by atoms with Gasteiger partial charge >= 0.3 is 0 Å². The van der Waals surface area contributed by atoms with E-state index < -0.39 is 0 Å². The lowest BCUT2D eigenvalue weighted by Crippen LogP contribution is -2.50. The molecule has 3 rings (SSSR count). The highest BCUT2D eigenvalue weighted by atomic mass is 16.5. The Kier molecular flexibility index (Phi) is 4.07. The number of rotatable bonds is 3. The van der Waals surface area contributed by atoms with E-state index in [4.69, 9.17) is 13.9 Å². The molecule has 6 nitrogen and oxygen atoms in total. The number of fused-ring (bicyclic) bond motifs is 1. The minimum absolute atomic E-state index is 0.0154. The molecule has 0 saturated carbocycles. The maximum atomic E-state index is 12.4. The van der Waals surface area contributed by atoms with Crippen molar-refractivity contribution >= 4 is 11.7 Å². The second kappa shape index (κ2) is 5.99. The van der Waals surface area contributed by atoms with Gasteiger partial charge in [0.25, 0.3) is 5.91 Å². The van der Waals surface area contributed by atoms with Crippen molar-refractivity contribution in [2.24, 2.45) is 0 Å². The van der Waals surface area contributed by atoms with Crippen molar-refractivity contribution in [3.63, 3.8) is 0 Å². The Morgan fingerprint density at radius 2 is 2.29 bits per heavy atom. The minimum Gasteiger partial charge on any atom is -0.468 e. The van der Waals surface area contributed by atoms with Gasteiger partial charge in [0, 0.05) is 26.6 Å². The highest BCUT2D eigenvalue weighted by Gasteiger charge is 2.31. The van der Waals surface area contributed by atoms with Gasteiger partial charge in [0.15, 0.2) is 5.78 Å². The van der Waals surface area contributed by atoms with Gasteiger partial charge < -0.3 is 19.2 Å². The van der Waals surface area contributed by atoms with Gasteiger partial charge in [-0.1, -0.05) is 0 Å². The van der Waals surface area contributed by atoms with Crippen LogP contribution in [0.4, 0.5) is 0 Å². The predicted molar refractivity (Wildman–Crippen MR) is 73.5 cm³/mol. The summed E-state index contributed by atoms with van der Waals surface area (Å²) in [6.07, 6.45) is 4.02. The van der Waals surface area contributed by atoms with Crippen molar-refractivity contribution < 1.29 is 23.5 Å². The molecule has 0 unspecified atom stereocenters. The van der Waals surface area contributed by atoms with Crippen molar-refractivity contribution in [2.45, 2.75) is 37.8 Å². The monoisotopic (exact) mass is 293 g/mol. The predicted octanol–water partition coefficient (Wildman–Crippen LogP) is 1.33. The van der Waals surface area contributed by atoms with E-state index in [9.17, 15) is 9.59 Å². The van der Waals surface area contributed by atoms with Gasteiger partial charge in [-0.3, -0.25) is 9.59 Å². The Labute approximate surface area is 122 Å². The standard InChI is InChI=1S/C15H19NO5/c1-19-12-5-6-20-8-10(12)16-15(18)9-7-21-13-4-2-3-11(17)14(9)13/h7,10,12H,2-6,8H2,1H3,(H,16,18)/t10-,12-/m1/s1. The molecular formula is C15H19NO5. The van der Waals surface area contributed by atoms with E-state index in [0.717, 1.165) is 12.8 Å². The molecule has 1 aliphatic heterocycles. The molecule has 1 aliphatic carbocycles. The van der Waals surface area contributed by atoms with Gasteiger partial charge in [0.1, 0.15) is 12.0 Å². The molecule has 0 aromatic carbocycles. The molecule has 1 saturated heterocycles. The van der Waals surface area contributed by atoms with Gasteiger partial charge in [0.05, 0.1) is 29.9 Å². The Bertz CT molecular complexity index is 550. The lowest BCUT2D eigenvalue weighted by molar-refractivity contribution is -0.0349. The van der Waals surface area contributed by atoms with Crippen LogP contribution in [0.15, 0.2) is 10.7 Å². The summed E-state index contributed by atoms with van der Waals surface area (Å²) in [6.45, 7) is 1.04. The smallest absolute Gasteiger partial charge is 0.255 e. The molecule has 114 valence electrons. The van der Waals surface area contributed by atoms with Gasteiger partial charge in [-0.25, -0.2) is 0 Å². The van der Waals surface area contributed by atoms with E-state index in [1.165, 1.54) is 6.26 Å². The molecule has 1 amide bonds. The largest absolute Gasteiger partial charge is 0.468 e. The number of nitrogens with one attached hydrogen (secondary N) is 1. The fourth-order valence-electron chi connectivity index (χ4n) is 2.97. The zero-order valence-corrected chi connectivity index (χ0v) is 12.0. The van der Waals surface area contributed by atoms with Crippen molar-refractivity contribution in [3.05, 3.63) is 23.2 Å². The lowest BCUT2D eigenvalue weighted by atomic mass is 9.93. The van der Waals surface area contributed by atoms with Gasteiger partial charge in [-0.15, -0.1) is 0 Å². The van der Waals surface area contributed by atoms with Crippen LogP contribution < -0.4 is 5.32 Å². The summed E-state index contributed by atoms with van der Waals surface area (Å²) in [4.78, 5) is 24.4. The van der Waals surface area contributed by atoms with Crippen molar-refractivity contribution in [1.82, 2.24) is 5.32 Å². The Balaban J connectivity index is 1.77. The second-order valence-electron chi connectivity index (χ2n) is 5.44. The number of ether oxygens (including phenoxy) is 2. The van der Waals surface area contributed by atoms with Gasteiger partial charge in [-0.05, 0) is 12.8 Å². The highest BCUT2D eigenvalue weighted by Crippen LogP contribution is 2.26. The van der Waals surface area contributed by atoms with Crippen LogP contribution in [-0.4, -0.2) is 44.2 Å². The molecule has 6 heteroatoms. The number of carbonyl (C=O) groups excluding carboxylic acids is 2. The van der Waals surface area contributed by atoms with Crippen LogP contribution in [-0.2, 0) is 15.9 Å². The Morgan fingerprint density at radius 1 is 1.43 bits per heavy atom. The van der Waals surface area contributed by atoms with Crippen LogP contribution in [0.1, 0.15) is 45.7 Å². The molecule has 2 heterocycles. The first kappa shape index (κ1) is 14.3. The van der Waals surface area contributed by atoms with Crippen LogP contribution >= 0.6 is 0 Å². The number of hydrogen-bond donors (Lipinski definition) is 1. The number of aryl methyl sites for hydroxylation is 1. The zero-order valence-electron chi connectivity index (χ0n) is 12.0. The third kappa shape index (κ3) is 2.73. The first-order valence-corrected chi connectivity index (χ1v) is 7.25. The third-order valence-electron chi connectivity index (χ3n) is 4.11. The number of furan rings is 1. The summed E-state index contributed by atoms with van der Waals surface area (Å²) in [5.41, 5.74) is 0.777. The van der Waals surface area contributed by atoms with Crippen LogP contribution in [0.5, 0.6) is 0 Å². The van der Waals surface area contributed by atoms with E-state index in [1.807, 2.05) is 0 Å². The van der Waals surface area contributed by atoms with E-state index in [2.05, 4.69) is 5.32 Å². The molecule has 0 spiro atoms. The fourth-order valence-corrected chi connectivity index (χ4v) is 2.97. The summed E-state index contributed by atoms with van der Waals surface area (Å²) >= 11 is 0. The lowest BCUT2D eigenvalue weighted by Gasteiger charge is -2.31. The Hall–Kier alpha value is -1.66. The molecule has 1 aromatic rings. The highest BCUT2D eigenvalue weighted by molar-refractivity contribution is 6.09. The number of hydrogen-bond acceptors (Lipinski definition) is 5. The fraction of sp³-hybridized carbons (Fsp3) is 0.600. The summed E-state index contributed by atoms with van der Waals surface area (Å²) in [7, 11) is 1.62. The first-order chi connectivity index (χ1) is 10.2. The summed E-state index contributed by atoms with van der Waals surface area (Å²) in [5, 5.41) is 2.89. The molecule has 1 aromatic heterocycles. The molecular weight excluding hydrogens is 274 g/mol. The summed E-state index contributed by atoms with van der Waals surface area (Å²) < 4.78 is 16.1. The molecule has 1 N–H and O–H groups in total. The molecule has 0 bridgehead atoms. The second-order valence-corrected chi connectivity index (χ2v) is 5.44. The topological polar surface area (TPSA) is 77.8 Å². The maximum absolute atomic E-state index is 12.4. The zero-order chi connectivity index (χ0) is 14.8. The number of carbonyl (C=O) groups is 2. The van der Waals surface area contributed by atoms with Gasteiger partial charge in [0.2, 0.25) is 0 Å². The molecule has 21 heavy (non-hydrogen) atoms. The van der Waals surface area contributed by atoms with Gasteiger partial charge in [-0.2, -0.15) is 0 Å². The van der Waals surface area contributed by atoms with E-state index in [0.29, 0.717) is 42.9 Å². The van der Waals surface area contributed by atoms with E-state index >= 15 is 0 Å². The third-order valence-corrected chi connectivity index (χ3v) is 4.11. The van der Waals surface area contributed by atoms with Crippen LogP contribution in [0.3, 0.4) is 0 Å². The number of amides is 1. The first-order valence-electron chi connectivity index (χ1n) is 7.25. The van der Waals surface area contributed by atoms with Crippen molar-refractivity contribution in [3.8, 4) is 0 Å². The number of Topliss-reactive ketones (excluding diaryl/α,β-unsaturated/α-hetero) is 1. The summed E-state index contributed by atoms with van der Waals surface area (Å²) in [6, 6.07) is -0.208. The van der Waals surface area contributed by atoms with Crippen LogP contribution in [0, 0.1) is 0 Å². The molecule has 2 atom stereocenters. The average Bonchev–Trinajstić information content (AvgIpc) is 2.93. The molecule has 0 radical (unpaired) electrons. The van der Waals surface area contributed by atoms with Crippen LogP contribution in [0.2, 0.25) is 0 Å². The van der Waals surface area contributed by atoms with Crippen molar-refractivity contribution in [2.75, 3.05) is 20.3 Å². The number of methoxy groups -OCH3 is 1. The van der Waals surface area contributed by atoms with E-state index in [-0.39, 0.29) is 23.8 Å². The SMILES string of the molecule is CO[C@@H]1CCOC[C@H]1NC(=O)c1coc2c1C(=O)CCC2. The number of ketones is 1. The maximum Gasteiger partial charge on any atom is 0.255 e. The molecule has 1 fully saturated rings. The normalized spacial score (nSPS) is 25.5. The average molecular weight is 293 g/mol. The summed E-state index contributed by atoms with van der Waals surface area (Å²) in [5.74, 6) is 0.311. The molecule has 2 aliphatic rings.